The standard InChI is InChI=1S/C13H13N3O/c1-8-11(9(2)17)12(16-13(14)15-8)10-6-4-3-5-7-10/h3-7H,1-2H3,(H2,14,15,16). The number of anilines is 1. The van der Waals surface area contributed by atoms with E-state index in [4.69, 9.17) is 5.73 Å². The van der Waals surface area contributed by atoms with Crippen LogP contribution in [0, 0.1) is 6.92 Å². The Morgan fingerprint density at radius 1 is 1.18 bits per heavy atom. The van der Waals surface area contributed by atoms with E-state index in [1.165, 1.54) is 6.92 Å². The van der Waals surface area contributed by atoms with Crippen molar-refractivity contribution in [3.8, 4) is 11.3 Å². The molecule has 2 aromatic rings. The minimum Gasteiger partial charge on any atom is -0.368 e. The molecule has 0 atom stereocenters. The summed E-state index contributed by atoms with van der Waals surface area (Å²) in [4.78, 5) is 19.8. The van der Waals surface area contributed by atoms with Crippen molar-refractivity contribution in [1.29, 1.82) is 0 Å². The first-order chi connectivity index (χ1) is 8.09. The van der Waals surface area contributed by atoms with Crippen molar-refractivity contribution in [3.05, 3.63) is 41.6 Å². The average molecular weight is 227 g/mol. The summed E-state index contributed by atoms with van der Waals surface area (Å²) in [6.07, 6.45) is 0. The Hall–Kier alpha value is -2.23. The van der Waals surface area contributed by atoms with Crippen LogP contribution in [0.2, 0.25) is 0 Å². The van der Waals surface area contributed by atoms with Crippen LogP contribution < -0.4 is 5.73 Å². The van der Waals surface area contributed by atoms with Gasteiger partial charge in [-0.05, 0) is 13.8 Å². The van der Waals surface area contributed by atoms with Gasteiger partial charge in [0.2, 0.25) is 5.95 Å². The molecule has 2 N–H and O–H groups in total. The van der Waals surface area contributed by atoms with Crippen LogP contribution in [-0.4, -0.2) is 15.8 Å². The van der Waals surface area contributed by atoms with Gasteiger partial charge in [-0.2, -0.15) is 0 Å². The normalized spacial score (nSPS) is 10.2. The van der Waals surface area contributed by atoms with E-state index in [1.54, 1.807) is 6.92 Å². The summed E-state index contributed by atoms with van der Waals surface area (Å²) < 4.78 is 0. The molecule has 0 aliphatic rings. The first-order valence-corrected chi connectivity index (χ1v) is 5.30. The summed E-state index contributed by atoms with van der Waals surface area (Å²) in [7, 11) is 0. The van der Waals surface area contributed by atoms with Gasteiger partial charge in [0.05, 0.1) is 17.0 Å². The fourth-order valence-electron chi connectivity index (χ4n) is 1.82. The maximum absolute atomic E-state index is 11.7. The minimum absolute atomic E-state index is 0.0543. The van der Waals surface area contributed by atoms with Crippen LogP contribution in [0.25, 0.3) is 11.3 Å². The average Bonchev–Trinajstić information content (AvgIpc) is 2.28. The van der Waals surface area contributed by atoms with Gasteiger partial charge in [-0.25, -0.2) is 9.97 Å². The summed E-state index contributed by atoms with van der Waals surface area (Å²) in [5.74, 6) is 0.132. The molecule has 1 aromatic heterocycles. The van der Waals surface area contributed by atoms with Crippen LogP contribution in [0.5, 0.6) is 0 Å². The molecule has 0 amide bonds. The zero-order chi connectivity index (χ0) is 12.4. The Kier molecular flexibility index (Phi) is 2.87. The number of carbonyl (C=O) groups excluding carboxylic acids is 1. The third-order valence-electron chi connectivity index (χ3n) is 2.51. The Morgan fingerprint density at radius 2 is 1.82 bits per heavy atom. The molecule has 4 heteroatoms. The Balaban J connectivity index is 2.72. The molecule has 17 heavy (non-hydrogen) atoms. The molecule has 0 unspecified atom stereocenters. The summed E-state index contributed by atoms with van der Waals surface area (Å²) in [6, 6.07) is 9.50. The Labute approximate surface area is 99.5 Å². The smallest absolute Gasteiger partial charge is 0.220 e. The highest BCUT2D eigenvalue weighted by Gasteiger charge is 2.15. The van der Waals surface area contributed by atoms with Crippen LogP contribution in [-0.2, 0) is 0 Å². The van der Waals surface area contributed by atoms with Crippen LogP contribution in [0.3, 0.4) is 0 Å². The van der Waals surface area contributed by atoms with Gasteiger partial charge in [-0.15, -0.1) is 0 Å². The van der Waals surface area contributed by atoms with E-state index in [0.717, 1.165) is 5.56 Å². The number of nitrogens with two attached hydrogens (primary N) is 1. The molecule has 0 saturated carbocycles. The number of rotatable bonds is 2. The highest BCUT2D eigenvalue weighted by Crippen LogP contribution is 2.24. The molecule has 2 rings (SSSR count). The summed E-state index contributed by atoms with van der Waals surface area (Å²) in [5, 5.41) is 0. The fraction of sp³-hybridized carbons (Fsp3) is 0.154. The molecule has 0 radical (unpaired) electrons. The first kappa shape index (κ1) is 11.3. The summed E-state index contributed by atoms with van der Waals surface area (Å²) in [5.41, 5.74) is 8.25. The number of ketones is 1. The van der Waals surface area contributed by atoms with Gasteiger partial charge in [-0.3, -0.25) is 4.79 Å². The first-order valence-electron chi connectivity index (χ1n) is 5.30. The highest BCUT2D eigenvalue weighted by molar-refractivity contribution is 6.00. The largest absolute Gasteiger partial charge is 0.368 e. The molecule has 86 valence electrons. The molecule has 0 aliphatic heterocycles. The minimum atomic E-state index is -0.0543. The highest BCUT2D eigenvalue weighted by atomic mass is 16.1. The van der Waals surface area contributed by atoms with Gasteiger partial charge in [-0.1, -0.05) is 30.3 Å². The molecule has 0 fully saturated rings. The summed E-state index contributed by atoms with van der Waals surface area (Å²) in [6.45, 7) is 3.27. The van der Waals surface area contributed by atoms with Gasteiger partial charge in [0.25, 0.3) is 0 Å². The van der Waals surface area contributed by atoms with E-state index >= 15 is 0 Å². The monoisotopic (exact) mass is 227 g/mol. The molecule has 0 saturated heterocycles. The van der Waals surface area contributed by atoms with Gasteiger partial charge < -0.3 is 5.73 Å². The van der Waals surface area contributed by atoms with Crippen molar-refractivity contribution in [2.75, 3.05) is 5.73 Å². The van der Waals surface area contributed by atoms with Gasteiger partial charge in [0.15, 0.2) is 5.78 Å². The Morgan fingerprint density at radius 3 is 2.41 bits per heavy atom. The molecular formula is C13H13N3O. The number of carbonyl (C=O) groups is 1. The van der Waals surface area contributed by atoms with Crippen LogP contribution >= 0.6 is 0 Å². The number of aryl methyl sites for hydroxylation is 1. The van der Waals surface area contributed by atoms with Gasteiger partial charge >= 0.3 is 0 Å². The van der Waals surface area contributed by atoms with E-state index < -0.39 is 0 Å². The topological polar surface area (TPSA) is 68.9 Å². The maximum Gasteiger partial charge on any atom is 0.220 e. The van der Waals surface area contributed by atoms with E-state index in [2.05, 4.69) is 9.97 Å². The third-order valence-corrected chi connectivity index (χ3v) is 2.51. The predicted molar refractivity (Wildman–Crippen MR) is 66.6 cm³/mol. The third kappa shape index (κ3) is 2.15. The summed E-state index contributed by atoms with van der Waals surface area (Å²) >= 11 is 0. The van der Waals surface area contributed by atoms with E-state index in [-0.39, 0.29) is 11.7 Å². The number of Topliss-reactive ketones (excluding diaryl/α,β-unsaturated/α-hetero) is 1. The zero-order valence-corrected chi connectivity index (χ0v) is 9.77. The Bertz CT molecular complexity index is 564. The quantitative estimate of drug-likeness (QED) is 0.799. The molecule has 4 nitrogen and oxygen atoms in total. The number of nitrogen functional groups attached to an aromatic ring is 1. The predicted octanol–water partition coefficient (Wildman–Crippen LogP) is 2.24. The number of hydrogen-bond donors (Lipinski definition) is 1. The molecule has 1 aromatic carbocycles. The molecular weight excluding hydrogens is 214 g/mol. The lowest BCUT2D eigenvalue weighted by molar-refractivity contribution is 0.101. The van der Waals surface area contributed by atoms with Crippen molar-refractivity contribution in [3.63, 3.8) is 0 Å². The number of hydrogen-bond acceptors (Lipinski definition) is 4. The van der Waals surface area contributed by atoms with Crippen molar-refractivity contribution < 1.29 is 4.79 Å². The second-order valence-corrected chi connectivity index (χ2v) is 3.81. The lowest BCUT2D eigenvalue weighted by Crippen LogP contribution is -2.08. The van der Waals surface area contributed by atoms with Crippen molar-refractivity contribution >= 4 is 11.7 Å². The molecule has 0 spiro atoms. The fourth-order valence-corrected chi connectivity index (χ4v) is 1.82. The second kappa shape index (κ2) is 4.33. The van der Waals surface area contributed by atoms with E-state index in [1.807, 2.05) is 30.3 Å². The van der Waals surface area contributed by atoms with E-state index in [9.17, 15) is 4.79 Å². The van der Waals surface area contributed by atoms with Crippen molar-refractivity contribution in [2.24, 2.45) is 0 Å². The second-order valence-electron chi connectivity index (χ2n) is 3.81. The molecule has 0 bridgehead atoms. The lowest BCUT2D eigenvalue weighted by Gasteiger charge is -2.09. The lowest BCUT2D eigenvalue weighted by atomic mass is 10.0. The van der Waals surface area contributed by atoms with Crippen molar-refractivity contribution in [2.45, 2.75) is 13.8 Å². The van der Waals surface area contributed by atoms with Gasteiger partial charge in [0, 0.05) is 5.56 Å². The molecule has 1 heterocycles. The molecule has 0 aliphatic carbocycles. The van der Waals surface area contributed by atoms with E-state index in [0.29, 0.717) is 17.0 Å². The zero-order valence-electron chi connectivity index (χ0n) is 9.77. The number of nitrogens with zero attached hydrogens (tertiary/aromatic N) is 2. The number of aromatic nitrogens is 2. The maximum atomic E-state index is 11.7. The SMILES string of the molecule is CC(=O)c1c(C)nc(N)nc1-c1ccccc1. The van der Waals surface area contributed by atoms with Gasteiger partial charge in [0.1, 0.15) is 0 Å². The van der Waals surface area contributed by atoms with Crippen LogP contribution in [0.1, 0.15) is 23.0 Å². The van der Waals surface area contributed by atoms with Crippen LogP contribution in [0.4, 0.5) is 5.95 Å². The van der Waals surface area contributed by atoms with Crippen LogP contribution in [0.15, 0.2) is 30.3 Å². The number of benzene rings is 1. The van der Waals surface area contributed by atoms with Crippen molar-refractivity contribution in [1.82, 2.24) is 9.97 Å².